The smallest absolute Gasteiger partial charge is 0.0408 e. The van der Waals surface area contributed by atoms with Gasteiger partial charge in [0.2, 0.25) is 0 Å². The van der Waals surface area contributed by atoms with E-state index >= 15 is 0 Å². The summed E-state index contributed by atoms with van der Waals surface area (Å²) in [7, 11) is 0. The molecule has 1 aromatic carbocycles. The first-order valence-electron chi connectivity index (χ1n) is 7.21. The minimum atomic E-state index is 0.518. The molecule has 1 aromatic rings. The van der Waals surface area contributed by atoms with E-state index in [1.807, 2.05) is 6.07 Å². The Hall–Kier alpha value is -0.530. The van der Waals surface area contributed by atoms with Gasteiger partial charge in [0.15, 0.2) is 0 Å². The Kier molecular flexibility index (Phi) is 5.08. The van der Waals surface area contributed by atoms with Crippen LogP contribution in [0.2, 0.25) is 5.02 Å². The van der Waals surface area contributed by atoms with Crippen molar-refractivity contribution in [2.45, 2.75) is 52.0 Å². The van der Waals surface area contributed by atoms with Crippen molar-refractivity contribution in [1.82, 2.24) is 5.32 Å². The average molecular weight is 266 g/mol. The molecule has 18 heavy (non-hydrogen) atoms. The third-order valence-electron chi connectivity index (χ3n) is 4.05. The summed E-state index contributed by atoms with van der Waals surface area (Å²) in [4.78, 5) is 0. The summed E-state index contributed by atoms with van der Waals surface area (Å²) in [5.41, 5.74) is 2.77. The van der Waals surface area contributed by atoms with E-state index in [1.165, 1.54) is 43.2 Å². The maximum Gasteiger partial charge on any atom is 0.0408 e. The number of rotatable bonds is 5. The van der Waals surface area contributed by atoms with Gasteiger partial charge in [-0.05, 0) is 61.9 Å². The molecule has 0 saturated heterocycles. The summed E-state index contributed by atoms with van der Waals surface area (Å²) in [5.74, 6) is 0.802. The van der Waals surface area contributed by atoms with Crippen molar-refractivity contribution in [1.29, 1.82) is 0 Å². The van der Waals surface area contributed by atoms with Crippen molar-refractivity contribution in [3.63, 3.8) is 0 Å². The lowest BCUT2D eigenvalue weighted by atomic mass is 9.89. The number of benzene rings is 1. The van der Waals surface area contributed by atoms with Crippen LogP contribution in [0.4, 0.5) is 0 Å². The van der Waals surface area contributed by atoms with Crippen molar-refractivity contribution in [3.05, 3.63) is 34.3 Å². The van der Waals surface area contributed by atoms with E-state index in [0.717, 1.165) is 17.5 Å². The van der Waals surface area contributed by atoms with Gasteiger partial charge in [-0.25, -0.2) is 0 Å². The zero-order chi connectivity index (χ0) is 13.0. The predicted molar refractivity (Wildman–Crippen MR) is 79.2 cm³/mol. The number of hydrogen-bond acceptors (Lipinski definition) is 1. The van der Waals surface area contributed by atoms with Crippen molar-refractivity contribution in [3.8, 4) is 0 Å². The van der Waals surface area contributed by atoms with Gasteiger partial charge < -0.3 is 5.32 Å². The first-order chi connectivity index (χ1) is 8.72. The minimum Gasteiger partial charge on any atom is -0.310 e. The molecular weight excluding hydrogens is 242 g/mol. The molecule has 0 bridgehead atoms. The predicted octanol–water partition coefficient (Wildman–Crippen LogP) is 4.88. The molecule has 1 unspecified atom stereocenters. The largest absolute Gasteiger partial charge is 0.310 e. The molecule has 2 rings (SSSR count). The standard InChI is InChI=1S/C16H24ClN/c1-3-10-18-16(13-6-4-5-7-13)15-9-8-14(17)11-12(15)2/h8-9,11,13,16,18H,3-7,10H2,1-2H3. The van der Waals surface area contributed by atoms with Crippen LogP contribution in [0.15, 0.2) is 18.2 Å². The van der Waals surface area contributed by atoms with Crippen LogP contribution in [-0.4, -0.2) is 6.54 Å². The van der Waals surface area contributed by atoms with E-state index in [-0.39, 0.29) is 0 Å². The van der Waals surface area contributed by atoms with Gasteiger partial charge in [-0.15, -0.1) is 0 Å². The van der Waals surface area contributed by atoms with Gasteiger partial charge in [-0.1, -0.05) is 37.4 Å². The van der Waals surface area contributed by atoms with Crippen LogP contribution >= 0.6 is 11.6 Å². The summed E-state index contributed by atoms with van der Waals surface area (Å²) in [5, 5.41) is 4.59. The van der Waals surface area contributed by atoms with E-state index in [2.05, 4.69) is 31.3 Å². The molecule has 1 atom stereocenters. The molecule has 2 heteroatoms. The third kappa shape index (κ3) is 3.27. The average Bonchev–Trinajstić information content (AvgIpc) is 2.85. The minimum absolute atomic E-state index is 0.518. The highest BCUT2D eigenvalue weighted by Gasteiger charge is 2.26. The maximum absolute atomic E-state index is 6.07. The van der Waals surface area contributed by atoms with Crippen molar-refractivity contribution < 1.29 is 0 Å². The van der Waals surface area contributed by atoms with Crippen LogP contribution in [0.1, 0.15) is 56.2 Å². The molecule has 0 spiro atoms. The maximum atomic E-state index is 6.07. The van der Waals surface area contributed by atoms with Crippen molar-refractivity contribution in [2.24, 2.45) is 5.92 Å². The van der Waals surface area contributed by atoms with Gasteiger partial charge in [0.05, 0.1) is 0 Å². The zero-order valence-electron chi connectivity index (χ0n) is 11.5. The number of hydrogen-bond donors (Lipinski definition) is 1. The lowest BCUT2D eigenvalue weighted by Crippen LogP contribution is -2.28. The molecule has 0 aromatic heterocycles. The Labute approximate surface area is 116 Å². The zero-order valence-corrected chi connectivity index (χ0v) is 12.3. The van der Waals surface area contributed by atoms with Crippen molar-refractivity contribution >= 4 is 11.6 Å². The molecule has 0 radical (unpaired) electrons. The van der Waals surface area contributed by atoms with E-state index in [1.54, 1.807) is 0 Å². The molecule has 0 aliphatic heterocycles. The third-order valence-corrected chi connectivity index (χ3v) is 4.29. The fourth-order valence-corrected chi connectivity index (χ4v) is 3.34. The van der Waals surface area contributed by atoms with E-state index in [0.29, 0.717) is 6.04 Å². The first kappa shape index (κ1) is 13.9. The Morgan fingerprint density at radius 3 is 2.67 bits per heavy atom. The normalized spacial score (nSPS) is 18.2. The highest BCUT2D eigenvalue weighted by molar-refractivity contribution is 6.30. The van der Waals surface area contributed by atoms with Gasteiger partial charge in [-0.2, -0.15) is 0 Å². The topological polar surface area (TPSA) is 12.0 Å². The van der Waals surface area contributed by atoms with Crippen LogP contribution in [0.3, 0.4) is 0 Å². The first-order valence-corrected chi connectivity index (χ1v) is 7.59. The number of halogens is 1. The molecule has 1 fully saturated rings. The van der Waals surface area contributed by atoms with Gasteiger partial charge in [0.1, 0.15) is 0 Å². The highest BCUT2D eigenvalue weighted by atomic mass is 35.5. The monoisotopic (exact) mass is 265 g/mol. The number of nitrogens with one attached hydrogen (secondary N) is 1. The van der Waals surface area contributed by atoms with Crippen LogP contribution in [0, 0.1) is 12.8 Å². The Bertz CT molecular complexity index is 383. The summed E-state index contributed by atoms with van der Waals surface area (Å²) < 4.78 is 0. The number of aryl methyl sites for hydroxylation is 1. The second-order valence-electron chi connectivity index (χ2n) is 5.48. The Morgan fingerprint density at radius 1 is 1.33 bits per heavy atom. The molecule has 1 saturated carbocycles. The Morgan fingerprint density at radius 2 is 2.06 bits per heavy atom. The second-order valence-corrected chi connectivity index (χ2v) is 5.91. The second kappa shape index (κ2) is 6.58. The van der Waals surface area contributed by atoms with E-state index < -0.39 is 0 Å². The molecule has 1 aliphatic carbocycles. The summed E-state index contributed by atoms with van der Waals surface area (Å²) >= 11 is 6.07. The SMILES string of the molecule is CCCNC(c1ccc(Cl)cc1C)C1CCCC1. The lowest BCUT2D eigenvalue weighted by Gasteiger charge is -2.27. The lowest BCUT2D eigenvalue weighted by molar-refractivity contribution is 0.367. The van der Waals surface area contributed by atoms with Gasteiger partial charge >= 0.3 is 0 Å². The fraction of sp³-hybridized carbons (Fsp3) is 0.625. The summed E-state index contributed by atoms with van der Waals surface area (Å²) in [6.07, 6.45) is 6.70. The highest BCUT2D eigenvalue weighted by Crippen LogP contribution is 2.37. The van der Waals surface area contributed by atoms with E-state index in [4.69, 9.17) is 11.6 Å². The van der Waals surface area contributed by atoms with E-state index in [9.17, 15) is 0 Å². The van der Waals surface area contributed by atoms with Crippen LogP contribution in [0.25, 0.3) is 0 Å². The quantitative estimate of drug-likeness (QED) is 0.800. The van der Waals surface area contributed by atoms with Gasteiger partial charge in [0.25, 0.3) is 0 Å². The molecule has 0 amide bonds. The van der Waals surface area contributed by atoms with Gasteiger partial charge in [0, 0.05) is 11.1 Å². The van der Waals surface area contributed by atoms with Crippen molar-refractivity contribution in [2.75, 3.05) is 6.54 Å². The molecule has 1 aliphatic rings. The van der Waals surface area contributed by atoms with Gasteiger partial charge in [-0.3, -0.25) is 0 Å². The molecule has 1 nitrogen and oxygen atoms in total. The summed E-state index contributed by atoms with van der Waals surface area (Å²) in [6, 6.07) is 6.85. The van der Waals surface area contributed by atoms with Crippen LogP contribution in [-0.2, 0) is 0 Å². The molecule has 1 N–H and O–H groups in total. The van der Waals surface area contributed by atoms with Crippen LogP contribution in [0.5, 0.6) is 0 Å². The fourth-order valence-electron chi connectivity index (χ4n) is 3.11. The Balaban J connectivity index is 2.20. The summed E-state index contributed by atoms with van der Waals surface area (Å²) in [6.45, 7) is 5.51. The molecular formula is C16H24ClN. The molecule has 0 heterocycles. The van der Waals surface area contributed by atoms with Crippen LogP contribution < -0.4 is 5.32 Å². The molecule has 100 valence electrons.